The van der Waals surface area contributed by atoms with Gasteiger partial charge in [-0.25, -0.2) is 4.98 Å². The Morgan fingerprint density at radius 2 is 2.32 bits per heavy atom. The number of ether oxygens (including phenoxy) is 1. The number of aromatic nitrogens is 2. The monoisotopic (exact) mass is 280 g/mol. The molecule has 2 aromatic rings. The van der Waals surface area contributed by atoms with E-state index in [0.717, 1.165) is 4.88 Å². The van der Waals surface area contributed by atoms with Gasteiger partial charge >= 0.3 is 5.69 Å². The van der Waals surface area contributed by atoms with Gasteiger partial charge < -0.3 is 10.5 Å². The van der Waals surface area contributed by atoms with Crippen LogP contribution in [0.2, 0.25) is 0 Å². The maximum absolute atomic E-state index is 11.0. The average Bonchev–Trinajstić information content (AvgIpc) is 2.80. The summed E-state index contributed by atoms with van der Waals surface area (Å²) < 4.78 is 5.37. The number of anilines is 1. The third kappa shape index (κ3) is 3.16. The van der Waals surface area contributed by atoms with Crippen molar-refractivity contribution in [3.63, 3.8) is 0 Å². The molecular weight excluding hydrogens is 268 g/mol. The second kappa shape index (κ2) is 5.61. The molecule has 0 unspecified atom stereocenters. The number of rotatable bonds is 5. The van der Waals surface area contributed by atoms with Gasteiger partial charge in [-0.05, 0) is 18.4 Å². The Balaban J connectivity index is 2.12. The number of hydrogen-bond donors (Lipinski definition) is 1. The van der Waals surface area contributed by atoms with E-state index in [2.05, 4.69) is 9.97 Å². The largest absolute Gasteiger partial charge is 0.472 e. The molecule has 100 valence electrons. The highest BCUT2D eigenvalue weighted by atomic mass is 32.1. The second-order valence-corrected chi connectivity index (χ2v) is 4.79. The topological polar surface area (TPSA) is 104 Å². The summed E-state index contributed by atoms with van der Waals surface area (Å²) >= 11 is 1.60. The molecule has 2 heterocycles. The SMILES string of the molecule is Cc1nc(N)nc(OCCc2cccs2)c1[N+](=O)[O-]. The highest BCUT2D eigenvalue weighted by Crippen LogP contribution is 2.28. The van der Waals surface area contributed by atoms with Crippen LogP contribution < -0.4 is 10.5 Å². The lowest BCUT2D eigenvalue weighted by molar-refractivity contribution is -0.387. The molecule has 0 saturated heterocycles. The van der Waals surface area contributed by atoms with Crippen LogP contribution in [0.25, 0.3) is 0 Å². The lowest BCUT2D eigenvalue weighted by Gasteiger charge is -2.06. The van der Waals surface area contributed by atoms with Crippen LogP contribution in [0.4, 0.5) is 11.6 Å². The summed E-state index contributed by atoms with van der Waals surface area (Å²) in [6, 6.07) is 3.91. The molecule has 0 fully saturated rings. The van der Waals surface area contributed by atoms with Crippen molar-refractivity contribution >= 4 is 23.0 Å². The Hall–Kier alpha value is -2.22. The van der Waals surface area contributed by atoms with Crippen molar-refractivity contribution < 1.29 is 9.66 Å². The van der Waals surface area contributed by atoms with E-state index in [1.165, 1.54) is 6.92 Å². The number of nitro groups is 1. The fourth-order valence-corrected chi connectivity index (χ4v) is 2.27. The van der Waals surface area contributed by atoms with E-state index in [4.69, 9.17) is 10.5 Å². The quantitative estimate of drug-likeness (QED) is 0.663. The molecule has 2 aromatic heterocycles. The third-order valence-electron chi connectivity index (χ3n) is 2.39. The van der Waals surface area contributed by atoms with Crippen LogP contribution >= 0.6 is 11.3 Å². The van der Waals surface area contributed by atoms with Crippen LogP contribution in [0, 0.1) is 17.0 Å². The highest BCUT2D eigenvalue weighted by molar-refractivity contribution is 7.09. The van der Waals surface area contributed by atoms with Gasteiger partial charge in [-0.15, -0.1) is 11.3 Å². The van der Waals surface area contributed by atoms with Gasteiger partial charge in [0.1, 0.15) is 5.69 Å². The van der Waals surface area contributed by atoms with Crippen molar-refractivity contribution in [1.29, 1.82) is 0 Å². The summed E-state index contributed by atoms with van der Waals surface area (Å²) in [4.78, 5) is 19.1. The minimum absolute atomic E-state index is 0.0331. The summed E-state index contributed by atoms with van der Waals surface area (Å²) in [5, 5.41) is 12.9. The summed E-state index contributed by atoms with van der Waals surface area (Å²) in [6.45, 7) is 1.81. The Morgan fingerprint density at radius 1 is 1.53 bits per heavy atom. The van der Waals surface area contributed by atoms with Gasteiger partial charge in [0.25, 0.3) is 5.88 Å². The minimum atomic E-state index is -0.560. The summed E-state index contributed by atoms with van der Waals surface area (Å²) in [6.07, 6.45) is 0.664. The van der Waals surface area contributed by atoms with Crippen molar-refractivity contribution in [2.24, 2.45) is 0 Å². The van der Waals surface area contributed by atoms with Gasteiger partial charge in [-0.2, -0.15) is 4.98 Å². The maximum atomic E-state index is 11.0. The van der Waals surface area contributed by atoms with Crippen LogP contribution in [0.15, 0.2) is 17.5 Å². The summed E-state index contributed by atoms with van der Waals surface area (Å²) in [7, 11) is 0. The molecule has 0 aliphatic carbocycles. The van der Waals surface area contributed by atoms with E-state index in [1.54, 1.807) is 11.3 Å². The van der Waals surface area contributed by atoms with Crippen molar-refractivity contribution in [3.8, 4) is 5.88 Å². The summed E-state index contributed by atoms with van der Waals surface area (Å²) in [5.41, 5.74) is 5.43. The number of nitrogens with zero attached hydrogens (tertiary/aromatic N) is 3. The molecular formula is C11H12N4O3S. The average molecular weight is 280 g/mol. The zero-order valence-corrected chi connectivity index (χ0v) is 11.0. The number of aryl methyl sites for hydroxylation is 1. The van der Waals surface area contributed by atoms with Crippen molar-refractivity contribution in [1.82, 2.24) is 9.97 Å². The molecule has 2 N–H and O–H groups in total. The minimum Gasteiger partial charge on any atom is -0.472 e. The fraction of sp³-hybridized carbons (Fsp3) is 0.273. The lowest BCUT2D eigenvalue weighted by atomic mass is 10.3. The molecule has 0 saturated carbocycles. The number of thiophene rings is 1. The van der Waals surface area contributed by atoms with Gasteiger partial charge in [-0.1, -0.05) is 6.07 Å². The molecule has 19 heavy (non-hydrogen) atoms. The van der Waals surface area contributed by atoms with E-state index in [1.807, 2.05) is 17.5 Å². The normalized spacial score (nSPS) is 10.4. The number of nitrogens with two attached hydrogens (primary N) is 1. The first-order valence-electron chi connectivity index (χ1n) is 5.51. The molecule has 0 aliphatic rings. The molecule has 0 aromatic carbocycles. The first-order chi connectivity index (χ1) is 9.08. The van der Waals surface area contributed by atoms with Crippen LogP contribution in [0.3, 0.4) is 0 Å². The van der Waals surface area contributed by atoms with E-state index < -0.39 is 4.92 Å². The van der Waals surface area contributed by atoms with E-state index in [-0.39, 0.29) is 23.2 Å². The highest BCUT2D eigenvalue weighted by Gasteiger charge is 2.22. The molecule has 0 radical (unpaired) electrons. The van der Waals surface area contributed by atoms with Gasteiger partial charge in [0.15, 0.2) is 0 Å². The second-order valence-electron chi connectivity index (χ2n) is 3.76. The van der Waals surface area contributed by atoms with Crippen molar-refractivity contribution in [3.05, 3.63) is 38.2 Å². The molecule has 0 spiro atoms. The molecule has 0 aliphatic heterocycles. The first kappa shape index (κ1) is 13.2. The van der Waals surface area contributed by atoms with Crippen LogP contribution in [-0.2, 0) is 6.42 Å². The van der Waals surface area contributed by atoms with E-state index in [9.17, 15) is 10.1 Å². The van der Waals surface area contributed by atoms with Gasteiger partial charge in [-0.3, -0.25) is 10.1 Å². The zero-order chi connectivity index (χ0) is 13.8. The van der Waals surface area contributed by atoms with Crippen LogP contribution in [0.5, 0.6) is 5.88 Å². The Labute approximate surface area is 113 Å². The lowest BCUT2D eigenvalue weighted by Crippen LogP contribution is -2.08. The van der Waals surface area contributed by atoms with Gasteiger partial charge in [0, 0.05) is 11.3 Å². The molecule has 8 heteroatoms. The number of hydrogen-bond acceptors (Lipinski definition) is 7. The van der Waals surface area contributed by atoms with Crippen molar-refractivity contribution in [2.75, 3.05) is 12.3 Å². The Kier molecular flexibility index (Phi) is 3.91. The number of nitrogen functional groups attached to an aromatic ring is 1. The predicted molar refractivity (Wildman–Crippen MR) is 71.4 cm³/mol. The Morgan fingerprint density at radius 3 is 2.95 bits per heavy atom. The van der Waals surface area contributed by atoms with Crippen molar-refractivity contribution in [2.45, 2.75) is 13.3 Å². The van der Waals surface area contributed by atoms with Crippen LogP contribution in [0.1, 0.15) is 10.6 Å². The van der Waals surface area contributed by atoms with Gasteiger partial charge in [0.05, 0.1) is 11.5 Å². The molecule has 0 amide bonds. The molecule has 2 rings (SSSR count). The summed E-state index contributed by atoms with van der Waals surface area (Å²) in [5.74, 6) is -0.110. The predicted octanol–water partition coefficient (Wildman–Crippen LogP) is 1.96. The zero-order valence-electron chi connectivity index (χ0n) is 10.2. The smallest absolute Gasteiger partial charge is 0.352 e. The first-order valence-corrected chi connectivity index (χ1v) is 6.39. The van der Waals surface area contributed by atoms with E-state index >= 15 is 0 Å². The van der Waals surface area contributed by atoms with Gasteiger partial charge in [0.2, 0.25) is 5.95 Å². The maximum Gasteiger partial charge on any atom is 0.352 e. The van der Waals surface area contributed by atoms with E-state index in [0.29, 0.717) is 13.0 Å². The molecule has 0 bridgehead atoms. The Bertz CT molecular complexity index is 586. The van der Waals surface area contributed by atoms with Crippen LogP contribution in [-0.4, -0.2) is 21.5 Å². The fourth-order valence-electron chi connectivity index (χ4n) is 1.58. The molecule has 0 atom stereocenters. The third-order valence-corrected chi connectivity index (χ3v) is 3.33. The standard InChI is InChI=1S/C11H12N4O3S/c1-7-9(15(16)17)10(14-11(12)13-7)18-5-4-8-3-2-6-19-8/h2-3,6H,4-5H2,1H3,(H2,12,13,14). The molecule has 7 nitrogen and oxygen atoms in total.